The van der Waals surface area contributed by atoms with Crippen molar-refractivity contribution in [1.29, 1.82) is 0 Å². The number of aliphatic hydroxyl groups is 1. The van der Waals surface area contributed by atoms with Gasteiger partial charge in [0.15, 0.2) is 0 Å². The first-order valence-corrected chi connectivity index (χ1v) is 12.0. The summed E-state index contributed by atoms with van der Waals surface area (Å²) in [5.74, 6) is 1.85. The zero-order chi connectivity index (χ0) is 22.0. The third-order valence-electron chi connectivity index (χ3n) is 8.55. The van der Waals surface area contributed by atoms with Crippen LogP contribution in [0.15, 0.2) is 12.4 Å². The Labute approximate surface area is 187 Å². The number of carbonyl (C=O) groups is 2. The maximum atomic E-state index is 12.2. The lowest BCUT2D eigenvalue weighted by Gasteiger charge is -2.60. The highest BCUT2D eigenvalue weighted by Crippen LogP contribution is 2.60. The van der Waals surface area contributed by atoms with E-state index >= 15 is 0 Å². The number of anilines is 1. The summed E-state index contributed by atoms with van der Waals surface area (Å²) in [6, 6.07) is 0.0579. The molecular weight excluding hydrogens is 410 g/mol. The van der Waals surface area contributed by atoms with Crippen molar-refractivity contribution in [1.82, 2.24) is 20.2 Å². The minimum atomic E-state index is -0.875. The lowest BCUT2D eigenvalue weighted by atomic mass is 9.48. The second kappa shape index (κ2) is 7.30. The van der Waals surface area contributed by atoms with E-state index in [1.807, 2.05) is 0 Å². The van der Waals surface area contributed by atoms with Crippen LogP contribution in [0.4, 0.5) is 10.7 Å². The van der Waals surface area contributed by atoms with Gasteiger partial charge in [0, 0.05) is 25.0 Å². The van der Waals surface area contributed by atoms with Crippen molar-refractivity contribution < 1.29 is 19.8 Å². The molecule has 7 rings (SSSR count). The second-order valence-corrected chi connectivity index (χ2v) is 10.8. The second-order valence-electron chi connectivity index (χ2n) is 10.8. The molecule has 172 valence electrons. The maximum Gasteiger partial charge on any atom is 0.407 e. The van der Waals surface area contributed by atoms with Gasteiger partial charge in [0.2, 0.25) is 5.95 Å². The summed E-state index contributed by atoms with van der Waals surface area (Å²) in [4.78, 5) is 34.6. The topological polar surface area (TPSA) is 128 Å². The molecule has 5 aliphatic carbocycles. The van der Waals surface area contributed by atoms with E-state index in [-0.39, 0.29) is 30.0 Å². The number of likely N-dealkylation sites (tertiary alicyclic amines) is 1. The molecule has 6 aliphatic rings. The van der Waals surface area contributed by atoms with E-state index < -0.39 is 11.7 Å². The highest BCUT2D eigenvalue weighted by atomic mass is 16.4. The molecule has 4 bridgehead atoms. The number of hydrogen-bond acceptors (Lipinski definition) is 6. The summed E-state index contributed by atoms with van der Waals surface area (Å²) in [7, 11) is 0. The van der Waals surface area contributed by atoms with Gasteiger partial charge in [0.1, 0.15) is 0 Å². The van der Waals surface area contributed by atoms with Crippen LogP contribution in [0.5, 0.6) is 0 Å². The number of nitrogens with one attached hydrogen (secondary N) is 2. The first kappa shape index (κ1) is 20.2. The van der Waals surface area contributed by atoms with Gasteiger partial charge < -0.3 is 25.7 Å². The number of amides is 2. The van der Waals surface area contributed by atoms with Crippen LogP contribution in [0.1, 0.15) is 61.7 Å². The molecular formula is C23H31N5O4. The quantitative estimate of drug-likeness (QED) is 0.551. The molecule has 7 atom stereocenters. The molecule has 4 N–H and O–H groups in total. The lowest BCUT2D eigenvalue weighted by Crippen LogP contribution is -2.61. The largest absolute Gasteiger partial charge is 0.465 e. The monoisotopic (exact) mass is 441 g/mol. The van der Waals surface area contributed by atoms with Crippen molar-refractivity contribution in [2.45, 2.75) is 75.1 Å². The molecule has 1 aromatic heterocycles. The molecule has 5 saturated carbocycles. The summed E-state index contributed by atoms with van der Waals surface area (Å²) in [5.41, 5.74) is -0.102. The minimum Gasteiger partial charge on any atom is -0.465 e. The summed E-state index contributed by atoms with van der Waals surface area (Å²) >= 11 is 0. The molecule has 2 amide bonds. The predicted molar refractivity (Wildman–Crippen MR) is 115 cm³/mol. The van der Waals surface area contributed by atoms with E-state index in [4.69, 9.17) is 0 Å². The Morgan fingerprint density at radius 2 is 1.75 bits per heavy atom. The van der Waals surface area contributed by atoms with E-state index in [2.05, 4.69) is 20.6 Å². The van der Waals surface area contributed by atoms with Gasteiger partial charge in [-0.15, -0.1) is 0 Å². The van der Waals surface area contributed by atoms with Crippen LogP contribution >= 0.6 is 0 Å². The van der Waals surface area contributed by atoms with Crippen LogP contribution < -0.4 is 10.6 Å². The number of aromatic nitrogens is 2. The van der Waals surface area contributed by atoms with E-state index in [9.17, 15) is 19.8 Å². The third-order valence-corrected chi connectivity index (χ3v) is 8.55. The number of hydrogen-bond donors (Lipinski definition) is 4. The molecule has 1 saturated heterocycles. The summed E-state index contributed by atoms with van der Waals surface area (Å²) < 4.78 is 0. The zero-order valence-electron chi connectivity index (χ0n) is 18.1. The Bertz CT molecular complexity index is 903. The molecule has 0 spiro atoms. The molecule has 9 heteroatoms. The number of carbonyl (C=O) groups excluding carboxylic acids is 1. The SMILES string of the molecule is O=C(NC1CC1)c1cnc(NC2CCN(C(=O)O)[C@@H]2C2C3CC4C[C@H]2CC(O)(C4)C3)nc1. The van der Waals surface area contributed by atoms with E-state index in [1.165, 1.54) is 12.4 Å². The van der Waals surface area contributed by atoms with Crippen LogP contribution in [-0.2, 0) is 0 Å². The van der Waals surface area contributed by atoms with Gasteiger partial charge in [-0.25, -0.2) is 14.8 Å². The third kappa shape index (κ3) is 3.50. The van der Waals surface area contributed by atoms with Crippen molar-refractivity contribution >= 4 is 17.9 Å². The Balaban J connectivity index is 1.21. The van der Waals surface area contributed by atoms with Gasteiger partial charge in [0.05, 0.1) is 23.2 Å². The van der Waals surface area contributed by atoms with Crippen LogP contribution in [0.25, 0.3) is 0 Å². The Morgan fingerprint density at radius 3 is 2.34 bits per heavy atom. The van der Waals surface area contributed by atoms with Gasteiger partial charge >= 0.3 is 6.09 Å². The normalized spacial score (nSPS) is 39.8. The molecule has 2 heterocycles. The van der Waals surface area contributed by atoms with E-state index in [0.717, 1.165) is 44.9 Å². The average Bonchev–Trinajstić information content (AvgIpc) is 3.45. The number of rotatable bonds is 5. The van der Waals surface area contributed by atoms with Gasteiger partial charge in [0.25, 0.3) is 5.91 Å². The van der Waals surface area contributed by atoms with Crippen molar-refractivity contribution in [2.24, 2.45) is 23.7 Å². The summed E-state index contributed by atoms with van der Waals surface area (Å²) in [6.45, 7) is 0.489. The van der Waals surface area contributed by atoms with Crippen LogP contribution in [-0.4, -0.2) is 67.4 Å². The zero-order valence-corrected chi connectivity index (χ0v) is 18.1. The fraction of sp³-hybridized carbons (Fsp3) is 0.739. The average molecular weight is 442 g/mol. The first-order chi connectivity index (χ1) is 15.4. The van der Waals surface area contributed by atoms with E-state index in [1.54, 1.807) is 4.90 Å². The van der Waals surface area contributed by atoms with Gasteiger partial charge in [-0.3, -0.25) is 4.79 Å². The van der Waals surface area contributed by atoms with Crippen molar-refractivity contribution in [2.75, 3.05) is 11.9 Å². The van der Waals surface area contributed by atoms with Crippen LogP contribution in [0.3, 0.4) is 0 Å². The Kier molecular flexibility index (Phi) is 4.61. The molecule has 0 aromatic carbocycles. The molecule has 6 fully saturated rings. The Morgan fingerprint density at radius 1 is 1.06 bits per heavy atom. The van der Waals surface area contributed by atoms with Crippen molar-refractivity contribution in [3.05, 3.63) is 18.0 Å². The Hall–Kier alpha value is -2.42. The highest BCUT2D eigenvalue weighted by Gasteiger charge is 2.59. The smallest absolute Gasteiger partial charge is 0.407 e. The summed E-state index contributed by atoms with van der Waals surface area (Å²) in [5, 5.41) is 27.2. The maximum absolute atomic E-state index is 12.2. The number of carboxylic acid groups (broad SMARTS) is 1. The lowest BCUT2D eigenvalue weighted by molar-refractivity contribution is -0.162. The van der Waals surface area contributed by atoms with Crippen molar-refractivity contribution in [3.63, 3.8) is 0 Å². The molecule has 9 nitrogen and oxygen atoms in total. The minimum absolute atomic E-state index is 0.0746. The molecule has 0 radical (unpaired) electrons. The van der Waals surface area contributed by atoms with E-state index in [0.29, 0.717) is 42.2 Å². The fourth-order valence-electron chi connectivity index (χ4n) is 7.43. The highest BCUT2D eigenvalue weighted by molar-refractivity contribution is 5.94. The van der Waals surface area contributed by atoms with Gasteiger partial charge in [-0.05, 0) is 75.0 Å². The molecule has 1 aromatic rings. The van der Waals surface area contributed by atoms with Gasteiger partial charge in [-0.1, -0.05) is 0 Å². The van der Waals surface area contributed by atoms with Crippen molar-refractivity contribution in [3.8, 4) is 0 Å². The standard InChI is InChI=1S/C23H31N5O4/c29-20(26-16-1-2-16)15-10-24-21(25-11-15)27-17-3-4-28(22(30)31)19(17)18-13-5-12-6-14(18)9-23(32,7-12)8-13/h10-14,16-19,32H,1-9H2,(H,26,29)(H,30,31)(H,24,25,27)/t12?,13-,14?,17?,18?,19-,23?/m0/s1. The predicted octanol–water partition coefficient (Wildman–Crippen LogP) is 2.09. The molecule has 5 unspecified atom stereocenters. The first-order valence-electron chi connectivity index (χ1n) is 12.0. The van der Waals surface area contributed by atoms with Crippen LogP contribution in [0, 0.1) is 23.7 Å². The summed E-state index contributed by atoms with van der Waals surface area (Å²) in [6.07, 6.45) is 9.64. The molecule has 1 aliphatic heterocycles. The molecule has 32 heavy (non-hydrogen) atoms. The fourth-order valence-corrected chi connectivity index (χ4v) is 7.43. The number of nitrogens with zero attached hydrogens (tertiary/aromatic N) is 3. The van der Waals surface area contributed by atoms with Crippen LogP contribution in [0.2, 0.25) is 0 Å². The van der Waals surface area contributed by atoms with Gasteiger partial charge in [-0.2, -0.15) is 0 Å².